The van der Waals surface area contributed by atoms with Crippen molar-refractivity contribution in [2.75, 3.05) is 33.4 Å². The fourth-order valence-corrected chi connectivity index (χ4v) is 3.69. The van der Waals surface area contributed by atoms with E-state index in [1.807, 2.05) is 4.90 Å². The lowest BCUT2D eigenvalue weighted by Gasteiger charge is -2.25. The van der Waals surface area contributed by atoms with E-state index in [2.05, 4.69) is 4.98 Å². The van der Waals surface area contributed by atoms with Gasteiger partial charge in [-0.3, -0.25) is 14.6 Å². The van der Waals surface area contributed by atoms with Gasteiger partial charge in [-0.25, -0.2) is 0 Å². The van der Waals surface area contributed by atoms with Gasteiger partial charge in [0.1, 0.15) is 11.5 Å². The van der Waals surface area contributed by atoms with Crippen LogP contribution in [0.5, 0.6) is 11.5 Å². The number of morpholine rings is 1. The quantitative estimate of drug-likeness (QED) is 0.592. The summed E-state index contributed by atoms with van der Waals surface area (Å²) in [6, 6.07) is 6.51. The summed E-state index contributed by atoms with van der Waals surface area (Å²) in [7, 11) is 1.31. The molecule has 1 fully saturated rings. The molecule has 8 heteroatoms. The normalized spacial score (nSPS) is 18.1. The number of benzene rings is 1. The number of carbonyl (C=O) groups excluding carboxylic acids is 2. The van der Waals surface area contributed by atoms with Gasteiger partial charge in [-0.05, 0) is 29.8 Å². The second-order valence-corrected chi connectivity index (χ2v) is 7.06. The van der Waals surface area contributed by atoms with E-state index >= 15 is 0 Å². The Balaban J connectivity index is 1.76. The number of hydrogen-bond acceptors (Lipinski definition) is 8. The lowest BCUT2D eigenvalue weighted by molar-refractivity contribution is -0.140. The molecule has 2 aliphatic rings. The van der Waals surface area contributed by atoms with Crippen molar-refractivity contribution in [1.29, 1.82) is 0 Å². The Morgan fingerprint density at radius 1 is 1.27 bits per heavy atom. The zero-order valence-electron chi connectivity index (χ0n) is 16.5. The summed E-state index contributed by atoms with van der Waals surface area (Å²) in [6.07, 6.45) is 4.88. The van der Waals surface area contributed by atoms with E-state index in [0.717, 1.165) is 5.56 Å². The molecule has 1 saturated heterocycles. The Hall–Kier alpha value is -3.39. The van der Waals surface area contributed by atoms with Crippen LogP contribution in [0.15, 0.2) is 48.6 Å². The summed E-state index contributed by atoms with van der Waals surface area (Å²) in [5.74, 6) is -0.868. The van der Waals surface area contributed by atoms with Gasteiger partial charge in [0.15, 0.2) is 5.76 Å². The number of esters is 1. The molecule has 3 heterocycles. The maximum Gasteiger partial charge on any atom is 0.306 e. The molecule has 30 heavy (non-hydrogen) atoms. The summed E-state index contributed by atoms with van der Waals surface area (Å²) < 4.78 is 16.1. The van der Waals surface area contributed by atoms with Crippen LogP contribution in [0.25, 0.3) is 0 Å². The van der Waals surface area contributed by atoms with Gasteiger partial charge in [0.2, 0.25) is 5.78 Å². The molecule has 1 N–H and O–H groups in total. The molecular weight excluding hydrogens is 388 g/mol. The Labute approximate surface area is 173 Å². The Morgan fingerprint density at radius 2 is 2.00 bits per heavy atom. The number of hydrogen-bond donors (Lipinski definition) is 1. The highest BCUT2D eigenvalue weighted by Gasteiger charge is 2.35. The van der Waals surface area contributed by atoms with Crippen molar-refractivity contribution in [1.82, 2.24) is 9.88 Å². The van der Waals surface area contributed by atoms with Crippen LogP contribution in [0.4, 0.5) is 0 Å². The molecule has 4 rings (SSSR count). The first-order valence-corrected chi connectivity index (χ1v) is 9.67. The number of Topliss-reactive ketones (excluding diaryl/α,β-unsaturated/α-hetero) is 1. The number of aromatic hydroxyl groups is 1. The van der Waals surface area contributed by atoms with Crippen LogP contribution in [0.2, 0.25) is 0 Å². The molecule has 1 aromatic heterocycles. The monoisotopic (exact) mass is 410 g/mol. The number of nitrogens with zero attached hydrogens (tertiary/aromatic N) is 2. The lowest BCUT2D eigenvalue weighted by Crippen LogP contribution is -2.32. The zero-order chi connectivity index (χ0) is 21.1. The molecule has 0 saturated carbocycles. The molecule has 1 atom stereocenters. The van der Waals surface area contributed by atoms with E-state index in [9.17, 15) is 14.7 Å². The Morgan fingerprint density at radius 3 is 2.70 bits per heavy atom. The van der Waals surface area contributed by atoms with E-state index in [-0.39, 0.29) is 29.5 Å². The number of phenols is 1. The van der Waals surface area contributed by atoms with Crippen LogP contribution in [0, 0.1) is 0 Å². The Kier molecular flexibility index (Phi) is 5.67. The molecule has 2 aliphatic heterocycles. The van der Waals surface area contributed by atoms with Crippen LogP contribution < -0.4 is 4.74 Å². The molecule has 0 spiro atoms. The predicted octanol–water partition coefficient (Wildman–Crippen LogP) is 2.23. The number of allylic oxidation sites excluding steroid dienone is 1. The van der Waals surface area contributed by atoms with Gasteiger partial charge in [-0.2, -0.15) is 0 Å². The summed E-state index contributed by atoms with van der Waals surface area (Å²) in [5.41, 5.74) is 1.48. The standard InChI is InChI=1S/C22H22N2O6/c1-28-19(26)12-16(14-4-6-23-7-5-14)20-17(25)3-2-15-21(27)18(30-22(15)20)13-24-8-10-29-11-9-24/h2-7,13,16,25H,8-12H2,1H3. The van der Waals surface area contributed by atoms with Crippen LogP contribution in [0.1, 0.15) is 33.8 Å². The van der Waals surface area contributed by atoms with Crippen LogP contribution in [-0.2, 0) is 14.3 Å². The molecule has 1 unspecified atom stereocenters. The zero-order valence-corrected chi connectivity index (χ0v) is 16.5. The van der Waals surface area contributed by atoms with Crippen molar-refractivity contribution in [2.24, 2.45) is 0 Å². The molecule has 0 radical (unpaired) electrons. The van der Waals surface area contributed by atoms with Gasteiger partial charge in [0, 0.05) is 43.2 Å². The van der Waals surface area contributed by atoms with Crippen molar-refractivity contribution in [3.63, 3.8) is 0 Å². The van der Waals surface area contributed by atoms with Crippen molar-refractivity contribution >= 4 is 11.8 Å². The first-order chi connectivity index (χ1) is 14.6. The first kappa shape index (κ1) is 19.9. The second-order valence-electron chi connectivity index (χ2n) is 7.06. The number of rotatable bonds is 5. The molecule has 0 bridgehead atoms. The molecular formula is C22H22N2O6. The summed E-state index contributed by atoms with van der Waals surface area (Å²) in [4.78, 5) is 31.0. The smallest absolute Gasteiger partial charge is 0.306 e. The van der Waals surface area contributed by atoms with E-state index < -0.39 is 11.9 Å². The average Bonchev–Trinajstić information content (AvgIpc) is 3.08. The molecule has 0 amide bonds. The summed E-state index contributed by atoms with van der Waals surface area (Å²) in [5, 5.41) is 10.7. The topological polar surface area (TPSA) is 98.2 Å². The third kappa shape index (κ3) is 3.86. The number of methoxy groups -OCH3 is 1. The molecule has 0 aliphatic carbocycles. The van der Waals surface area contributed by atoms with Crippen LogP contribution in [-0.4, -0.2) is 60.2 Å². The number of ether oxygens (including phenoxy) is 3. The maximum atomic E-state index is 12.9. The fourth-order valence-electron chi connectivity index (χ4n) is 3.69. The highest BCUT2D eigenvalue weighted by Crippen LogP contribution is 2.46. The summed E-state index contributed by atoms with van der Waals surface area (Å²) in [6.45, 7) is 2.49. The SMILES string of the molecule is COC(=O)CC(c1ccncc1)c1c(O)ccc2c1OC(=CN1CCOCC1)C2=O. The molecule has 156 valence electrons. The number of phenolic OH excluding ortho intramolecular Hbond substituents is 1. The van der Waals surface area contributed by atoms with Gasteiger partial charge in [0.05, 0.1) is 32.3 Å². The predicted molar refractivity (Wildman–Crippen MR) is 106 cm³/mol. The number of ketones is 1. The lowest BCUT2D eigenvalue weighted by atomic mass is 9.86. The van der Waals surface area contributed by atoms with Crippen molar-refractivity contribution < 1.29 is 28.9 Å². The van der Waals surface area contributed by atoms with E-state index in [0.29, 0.717) is 37.4 Å². The minimum absolute atomic E-state index is 0.0232. The maximum absolute atomic E-state index is 12.9. The largest absolute Gasteiger partial charge is 0.508 e. The van der Waals surface area contributed by atoms with Crippen LogP contribution in [0.3, 0.4) is 0 Å². The van der Waals surface area contributed by atoms with E-state index in [1.165, 1.54) is 13.2 Å². The average molecular weight is 410 g/mol. The van der Waals surface area contributed by atoms with E-state index in [1.54, 1.807) is 36.8 Å². The van der Waals surface area contributed by atoms with Gasteiger partial charge >= 0.3 is 5.97 Å². The molecule has 2 aromatic rings. The highest BCUT2D eigenvalue weighted by atomic mass is 16.5. The van der Waals surface area contributed by atoms with Crippen LogP contribution >= 0.6 is 0 Å². The number of fused-ring (bicyclic) bond motifs is 1. The molecule has 8 nitrogen and oxygen atoms in total. The summed E-state index contributed by atoms with van der Waals surface area (Å²) >= 11 is 0. The molecule has 1 aromatic carbocycles. The highest BCUT2D eigenvalue weighted by molar-refractivity contribution is 6.12. The number of aromatic nitrogens is 1. The fraction of sp³-hybridized carbons (Fsp3) is 0.318. The number of pyridine rings is 1. The minimum Gasteiger partial charge on any atom is -0.508 e. The van der Waals surface area contributed by atoms with Gasteiger partial charge in [0.25, 0.3) is 0 Å². The van der Waals surface area contributed by atoms with Crippen molar-refractivity contribution in [3.8, 4) is 11.5 Å². The van der Waals surface area contributed by atoms with Crippen molar-refractivity contribution in [2.45, 2.75) is 12.3 Å². The van der Waals surface area contributed by atoms with Gasteiger partial charge < -0.3 is 24.2 Å². The van der Waals surface area contributed by atoms with E-state index in [4.69, 9.17) is 14.2 Å². The minimum atomic E-state index is -0.564. The number of carbonyl (C=O) groups is 2. The Bertz CT molecular complexity index is 983. The van der Waals surface area contributed by atoms with Gasteiger partial charge in [-0.1, -0.05) is 0 Å². The third-order valence-electron chi connectivity index (χ3n) is 5.25. The third-order valence-corrected chi connectivity index (χ3v) is 5.25. The van der Waals surface area contributed by atoms with Gasteiger partial charge in [-0.15, -0.1) is 0 Å². The van der Waals surface area contributed by atoms with Crippen molar-refractivity contribution in [3.05, 3.63) is 65.3 Å². The first-order valence-electron chi connectivity index (χ1n) is 9.67. The second kappa shape index (κ2) is 8.54.